The highest BCUT2D eigenvalue weighted by molar-refractivity contribution is 7.92. The largest absolute Gasteiger partial charge is 0.245 e. The summed E-state index contributed by atoms with van der Waals surface area (Å²) in [5.74, 6) is 0. The number of nitriles is 1. The third-order valence-corrected chi connectivity index (χ3v) is 6.17. The molecule has 0 radical (unpaired) electrons. The van der Waals surface area contributed by atoms with Crippen LogP contribution in [0.4, 0.5) is 0 Å². The first-order chi connectivity index (χ1) is 11.8. The van der Waals surface area contributed by atoms with E-state index in [-0.39, 0.29) is 15.7 Å². The van der Waals surface area contributed by atoms with Crippen molar-refractivity contribution in [1.29, 1.82) is 5.26 Å². The van der Waals surface area contributed by atoms with Gasteiger partial charge in [-0.15, -0.1) is 0 Å². The highest BCUT2D eigenvalue weighted by Gasteiger charge is 2.33. The van der Waals surface area contributed by atoms with Crippen LogP contribution >= 0.6 is 11.6 Å². The van der Waals surface area contributed by atoms with Crippen molar-refractivity contribution in [3.63, 3.8) is 0 Å². The van der Waals surface area contributed by atoms with Gasteiger partial charge in [-0.1, -0.05) is 29.8 Å². The van der Waals surface area contributed by atoms with E-state index in [1.807, 2.05) is 19.9 Å². The van der Waals surface area contributed by atoms with Crippen molar-refractivity contribution in [3.05, 3.63) is 64.4 Å². The molecule has 126 valence electrons. The Morgan fingerprint density at radius 3 is 2.28 bits per heavy atom. The fraction of sp³-hybridized carbons (Fsp3) is 0.167. The molecule has 0 bridgehead atoms. The number of aryl methyl sites for hydroxylation is 2. The summed E-state index contributed by atoms with van der Waals surface area (Å²) in [6, 6.07) is 13.5. The van der Waals surface area contributed by atoms with Gasteiger partial charge in [0.05, 0.1) is 22.0 Å². The van der Waals surface area contributed by atoms with E-state index < -0.39 is 15.1 Å². The van der Waals surface area contributed by atoms with Crippen LogP contribution < -0.4 is 0 Å². The molecule has 3 rings (SSSR count). The fourth-order valence-corrected chi connectivity index (χ4v) is 4.24. The molecule has 0 saturated heterocycles. The van der Waals surface area contributed by atoms with Gasteiger partial charge in [0.1, 0.15) is 5.69 Å². The van der Waals surface area contributed by atoms with Crippen LogP contribution in [0.1, 0.15) is 22.1 Å². The summed E-state index contributed by atoms with van der Waals surface area (Å²) in [6.07, 6.45) is 0. The van der Waals surface area contributed by atoms with Gasteiger partial charge in [0.2, 0.25) is 9.84 Å². The molecule has 1 atom stereocenters. The molecule has 0 aliphatic carbocycles. The molecule has 0 aliphatic heterocycles. The molecule has 0 spiro atoms. The van der Waals surface area contributed by atoms with E-state index in [9.17, 15) is 13.7 Å². The molecule has 1 heterocycles. The fourth-order valence-electron chi connectivity index (χ4n) is 2.46. The van der Waals surface area contributed by atoms with Crippen LogP contribution in [0.3, 0.4) is 0 Å². The van der Waals surface area contributed by atoms with Crippen LogP contribution in [-0.2, 0) is 9.84 Å². The Hall–Kier alpha value is -2.49. The molecular formula is C18H14ClN3O2S. The van der Waals surface area contributed by atoms with Gasteiger partial charge in [-0.2, -0.15) is 5.26 Å². The molecule has 2 aromatic carbocycles. The molecule has 5 nitrogen and oxygen atoms in total. The van der Waals surface area contributed by atoms with Gasteiger partial charge in [-0.3, -0.25) is 0 Å². The lowest BCUT2D eigenvalue weighted by Crippen LogP contribution is -2.15. The third-order valence-electron chi connectivity index (χ3n) is 4.04. The van der Waals surface area contributed by atoms with Gasteiger partial charge in [0.15, 0.2) is 10.4 Å². The predicted octanol–water partition coefficient (Wildman–Crippen LogP) is 3.94. The number of hydrogen-bond donors (Lipinski definition) is 0. The van der Waals surface area contributed by atoms with Crippen LogP contribution in [0.25, 0.3) is 11.0 Å². The minimum absolute atomic E-state index is 0.0545. The Kier molecular flexibility index (Phi) is 4.46. The van der Waals surface area contributed by atoms with E-state index in [0.717, 1.165) is 11.1 Å². The Bertz CT molecular complexity index is 1120. The first-order valence-electron chi connectivity index (χ1n) is 7.47. The van der Waals surface area contributed by atoms with Gasteiger partial charge in [0, 0.05) is 0 Å². The smallest absolute Gasteiger partial charge is 0.200 e. The van der Waals surface area contributed by atoms with Crippen molar-refractivity contribution in [1.82, 2.24) is 9.97 Å². The van der Waals surface area contributed by atoms with E-state index >= 15 is 0 Å². The zero-order valence-corrected chi connectivity index (χ0v) is 15.1. The molecule has 3 aromatic rings. The second-order valence-corrected chi connectivity index (χ2v) is 8.08. The SMILES string of the molecule is Cc1ccc(S(=O)(=O)[C@@H](C#N)c2nc3ccccc3nc2Cl)cc1C. The number of hydrogen-bond acceptors (Lipinski definition) is 5. The quantitative estimate of drug-likeness (QED) is 0.696. The molecule has 0 N–H and O–H groups in total. The van der Waals surface area contributed by atoms with Gasteiger partial charge in [0.25, 0.3) is 0 Å². The summed E-state index contributed by atoms with van der Waals surface area (Å²) in [4.78, 5) is 8.52. The van der Waals surface area contributed by atoms with Crippen molar-refractivity contribution in [2.24, 2.45) is 0 Å². The van der Waals surface area contributed by atoms with Crippen molar-refractivity contribution >= 4 is 32.5 Å². The summed E-state index contributed by atoms with van der Waals surface area (Å²) in [6.45, 7) is 3.71. The van der Waals surface area contributed by atoms with E-state index in [1.165, 1.54) is 6.07 Å². The van der Waals surface area contributed by atoms with E-state index in [1.54, 1.807) is 36.4 Å². The zero-order chi connectivity index (χ0) is 18.2. The minimum Gasteiger partial charge on any atom is -0.245 e. The minimum atomic E-state index is -3.98. The zero-order valence-electron chi connectivity index (χ0n) is 13.6. The second-order valence-electron chi connectivity index (χ2n) is 5.69. The van der Waals surface area contributed by atoms with E-state index in [2.05, 4.69) is 9.97 Å². The van der Waals surface area contributed by atoms with Gasteiger partial charge in [-0.05, 0) is 49.2 Å². The monoisotopic (exact) mass is 371 g/mol. The Morgan fingerprint density at radius 2 is 1.68 bits per heavy atom. The Morgan fingerprint density at radius 1 is 1.04 bits per heavy atom. The number of rotatable bonds is 3. The van der Waals surface area contributed by atoms with Crippen molar-refractivity contribution in [3.8, 4) is 6.07 Å². The van der Waals surface area contributed by atoms with Crippen molar-refractivity contribution < 1.29 is 8.42 Å². The lowest BCUT2D eigenvalue weighted by molar-refractivity contribution is 0.590. The molecule has 0 fully saturated rings. The first kappa shape index (κ1) is 17.3. The van der Waals surface area contributed by atoms with Crippen LogP contribution in [0.2, 0.25) is 5.15 Å². The average molecular weight is 372 g/mol. The Labute approximate surface area is 150 Å². The highest BCUT2D eigenvalue weighted by Crippen LogP contribution is 2.32. The predicted molar refractivity (Wildman–Crippen MR) is 96.0 cm³/mol. The lowest BCUT2D eigenvalue weighted by Gasteiger charge is -2.13. The van der Waals surface area contributed by atoms with Gasteiger partial charge >= 0.3 is 0 Å². The lowest BCUT2D eigenvalue weighted by atomic mass is 10.1. The maximum absolute atomic E-state index is 13.0. The molecule has 0 aliphatic rings. The maximum atomic E-state index is 13.0. The highest BCUT2D eigenvalue weighted by atomic mass is 35.5. The Balaban J connectivity index is 2.18. The summed E-state index contributed by atoms with van der Waals surface area (Å²) < 4.78 is 25.9. The molecule has 0 unspecified atom stereocenters. The number of fused-ring (bicyclic) bond motifs is 1. The standard InChI is InChI=1S/C18H14ClN3O2S/c1-11-7-8-13(9-12(11)2)25(23,24)16(10-20)17-18(19)22-15-6-4-3-5-14(15)21-17/h3-9,16H,1-2H3/t16-/m0/s1. The molecule has 0 amide bonds. The van der Waals surface area contributed by atoms with Crippen LogP contribution in [-0.4, -0.2) is 18.4 Å². The first-order valence-corrected chi connectivity index (χ1v) is 9.40. The molecule has 7 heteroatoms. The average Bonchev–Trinajstić information content (AvgIpc) is 2.58. The van der Waals surface area contributed by atoms with Crippen LogP contribution in [0, 0.1) is 25.2 Å². The summed E-state index contributed by atoms with van der Waals surface area (Å²) >= 11 is 6.14. The second kappa shape index (κ2) is 6.43. The topological polar surface area (TPSA) is 83.7 Å². The number of sulfone groups is 1. The van der Waals surface area contributed by atoms with Crippen LogP contribution in [0.5, 0.6) is 0 Å². The number of aromatic nitrogens is 2. The number of benzene rings is 2. The van der Waals surface area contributed by atoms with Crippen molar-refractivity contribution in [2.45, 2.75) is 24.0 Å². The van der Waals surface area contributed by atoms with Crippen molar-refractivity contribution in [2.75, 3.05) is 0 Å². The van der Waals surface area contributed by atoms with Gasteiger partial charge in [-0.25, -0.2) is 18.4 Å². The molecule has 0 saturated carbocycles. The number of nitrogens with zero attached hydrogens (tertiary/aromatic N) is 3. The number of halogens is 1. The van der Waals surface area contributed by atoms with E-state index in [4.69, 9.17) is 11.6 Å². The van der Waals surface area contributed by atoms with Crippen LogP contribution in [0.15, 0.2) is 47.4 Å². The molecule has 1 aromatic heterocycles. The van der Waals surface area contributed by atoms with Gasteiger partial charge < -0.3 is 0 Å². The normalized spacial score (nSPS) is 12.7. The summed E-state index contributed by atoms with van der Waals surface area (Å²) in [5.41, 5.74) is 2.76. The molecule has 25 heavy (non-hydrogen) atoms. The third kappa shape index (κ3) is 3.09. The molecular weight excluding hydrogens is 358 g/mol. The summed E-state index contributed by atoms with van der Waals surface area (Å²) in [5, 5.41) is 7.93. The summed E-state index contributed by atoms with van der Waals surface area (Å²) in [7, 11) is -3.98. The maximum Gasteiger partial charge on any atom is 0.200 e. The number of para-hydroxylation sites is 2. The van der Waals surface area contributed by atoms with E-state index in [0.29, 0.717) is 11.0 Å².